The number of ether oxygens (including phenoxy) is 1. The summed E-state index contributed by atoms with van der Waals surface area (Å²) in [6, 6.07) is 9.17. The first-order valence-corrected chi connectivity index (χ1v) is 7.99. The fourth-order valence-electron chi connectivity index (χ4n) is 3.18. The maximum Gasteiger partial charge on any atom is 0.340 e. The number of carboxylic acid groups (broad SMARTS) is 1. The summed E-state index contributed by atoms with van der Waals surface area (Å²) in [4.78, 5) is 11.9. The van der Waals surface area contributed by atoms with Crippen LogP contribution in [0.15, 0.2) is 40.8 Å². The molecule has 1 unspecified atom stereocenters. The van der Waals surface area contributed by atoms with Crippen LogP contribution in [-0.2, 0) is 4.74 Å². The molecule has 6 heteroatoms. The van der Waals surface area contributed by atoms with Crippen LogP contribution in [0.2, 0.25) is 0 Å². The Labute approximate surface area is 143 Å². The summed E-state index contributed by atoms with van der Waals surface area (Å²) in [6.45, 7) is 3.17. The van der Waals surface area contributed by atoms with E-state index in [1.54, 1.807) is 12.1 Å². The van der Waals surface area contributed by atoms with Crippen LogP contribution in [0.1, 0.15) is 28.9 Å². The van der Waals surface area contributed by atoms with E-state index in [4.69, 9.17) is 9.15 Å². The lowest BCUT2D eigenvalue weighted by molar-refractivity contribution is 0.0698. The fourth-order valence-corrected chi connectivity index (χ4v) is 3.18. The van der Waals surface area contributed by atoms with Gasteiger partial charge in [-0.1, -0.05) is 0 Å². The molecule has 0 saturated carbocycles. The lowest BCUT2D eigenvalue weighted by atomic mass is 10.0. The number of rotatable bonds is 2. The minimum absolute atomic E-state index is 0.0702. The number of fused-ring (bicyclic) bond motifs is 2. The van der Waals surface area contributed by atoms with Crippen molar-refractivity contribution >= 4 is 22.6 Å². The van der Waals surface area contributed by atoms with E-state index in [-0.39, 0.29) is 17.4 Å². The number of furan rings is 1. The van der Waals surface area contributed by atoms with Crippen LogP contribution >= 0.6 is 0 Å². The summed E-state index contributed by atoms with van der Waals surface area (Å²) in [6.07, 6.45) is -0.153. The Morgan fingerprint density at radius 2 is 2.04 bits per heavy atom. The number of hydrogen-bond acceptors (Lipinski definition) is 4. The van der Waals surface area contributed by atoms with E-state index < -0.39 is 11.8 Å². The zero-order valence-electron chi connectivity index (χ0n) is 13.5. The highest BCUT2D eigenvalue weighted by atomic mass is 19.1. The Bertz CT molecular complexity index is 962. The van der Waals surface area contributed by atoms with Gasteiger partial charge in [-0.3, -0.25) is 0 Å². The summed E-state index contributed by atoms with van der Waals surface area (Å²) < 4.78 is 24.7. The summed E-state index contributed by atoms with van der Waals surface area (Å²) >= 11 is 0. The molecule has 1 aliphatic heterocycles. The van der Waals surface area contributed by atoms with E-state index in [1.807, 2.05) is 6.92 Å². The van der Waals surface area contributed by atoms with Gasteiger partial charge in [0, 0.05) is 34.8 Å². The Morgan fingerprint density at radius 1 is 1.28 bits per heavy atom. The summed E-state index contributed by atoms with van der Waals surface area (Å²) in [5.41, 5.74) is 2.81. The third kappa shape index (κ3) is 2.64. The topological polar surface area (TPSA) is 71.7 Å². The highest BCUT2D eigenvalue weighted by Gasteiger charge is 2.25. The molecule has 2 N–H and O–H groups in total. The van der Waals surface area contributed by atoms with Gasteiger partial charge in [0.2, 0.25) is 0 Å². The molecule has 0 radical (unpaired) electrons. The lowest BCUT2D eigenvalue weighted by Gasteiger charge is -2.12. The van der Waals surface area contributed by atoms with Crippen molar-refractivity contribution in [2.45, 2.75) is 13.0 Å². The minimum atomic E-state index is -1.09. The molecule has 0 aliphatic carbocycles. The van der Waals surface area contributed by atoms with Gasteiger partial charge in [0.05, 0.1) is 12.7 Å². The summed E-state index contributed by atoms with van der Waals surface area (Å²) in [5.74, 6) is -1.26. The molecule has 0 bridgehead atoms. The molecule has 4 rings (SSSR count). The number of anilines is 1. The molecule has 0 spiro atoms. The second-order valence-electron chi connectivity index (χ2n) is 5.99. The summed E-state index contributed by atoms with van der Waals surface area (Å²) in [7, 11) is 0. The van der Waals surface area contributed by atoms with Gasteiger partial charge in [-0.15, -0.1) is 0 Å². The highest BCUT2D eigenvalue weighted by molar-refractivity contribution is 6.08. The quantitative estimate of drug-likeness (QED) is 0.721. The normalized spacial score (nSPS) is 17.0. The molecule has 0 amide bonds. The van der Waals surface area contributed by atoms with Gasteiger partial charge < -0.3 is 19.6 Å². The van der Waals surface area contributed by atoms with Gasteiger partial charge in [-0.2, -0.15) is 0 Å². The smallest absolute Gasteiger partial charge is 0.340 e. The maximum absolute atomic E-state index is 13.2. The zero-order chi connectivity index (χ0) is 17.6. The number of aromatic carboxylic acids is 1. The monoisotopic (exact) mass is 341 g/mol. The average Bonchev–Trinajstić information content (AvgIpc) is 2.87. The van der Waals surface area contributed by atoms with Gasteiger partial charge in [0.15, 0.2) is 0 Å². The Kier molecular flexibility index (Phi) is 3.69. The summed E-state index contributed by atoms with van der Waals surface area (Å²) in [5, 5.41) is 13.5. The van der Waals surface area contributed by atoms with Crippen molar-refractivity contribution in [2.24, 2.45) is 0 Å². The number of carboxylic acids is 1. The second kappa shape index (κ2) is 5.89. The van der Waals surface area contributed by atoms with Crippen LogP contribution in [0.25, 0.3) is 22.3 Å². The van der Waals surface area contributed by atoms with Crippen molar-refractivity contribution in [1.82, 2.24) is 0 Å². The second-order valence-corrected chi connectivity index (χ2v) is 5.99. The maximum atomic E-state index is 13.2. The number of benzene rings is 2. The molecule has 2 aromatic carbocycles. The van der Waals surface area contributed by atoms with Crippen LogP contribution in [0.3, 0.4) is 0 Å². The van der Waals surface area contributed by atoms with Crippen LogP contribution in [0.5, 0.6) is 0 Å². The van der Waals surface area contributed by atoms with Gasteiger partial charge in [0.1, 0.15) is 22.7 Å². The Hall–Kier alpha value is -2.86. The first kappa shape index (κ1) is 15.7. The molecule has 128 valence electrons. The number of halogens is 1. The molecule has 25 heavy (non-hydrogen) atoms. The van der Waals surface area contributed by atoms with E-state index in [2.05, 4.69) is 5.32 Å². The van der Waals surface area contributed by atoms with Gasteiger partial charge in [0.25, 0.3) is 0 Å². The number of hydrogen-bond donors (Lipinski definition) is 2. The molecule has 5 nitrogen and oxygen atoms in total. The molecule has 0 fully saturated rings. The number of nitrogens with one attached hydrogen (secondary N) is 1. The minimum Gasteiger partial charge on any atom is -0.478 e. The largest absolute Gasteiger partial charge is 0.478 e. The molecule has 3 aromatic rings. The fraction of sp³-hybridized carbons (Fsp3) is 0.211. The SMILES string of the molecule is CC1OCCNc2cc3oc(-c4ccc(F)cc4)c(C(=O)O)c3cc21. The third-order valence-electron chi connectivity index (χ3n) is 4.40. The van der Waals surface area contributed by atoms with Crippen LogP contribution in [0, 0.1) is 5.82 Å². The van der Waals surface area contributed by atoms with Crippen LogP contribution in [-0.4, -0.2) is 24.2 Å². The first-order chi connectivity index (χ1) is 12.0. The van der Waals surface area contributed by atoms with E-state index in [1.165, 1.54) is 24.3 Å². The third-order valence-corrected chi connectivity index (χ3v) is 4.40. The molecule has 1 aliphatic rings. The van der Waals surface area contributed by atoms with Crippen molar-refractivity contribution < 1.29 is 23.4 Å². The van der Waals surface area contributed by atoms with E-state index >= 15 is 0 Å². The van der Waals surface area contributed by atoms with Crippen LogP contribution in [0.4, 0.5) is 10.1 Å². The van der Waals surface area contributed by atoms with E-state index in [0.717, 1.165) is 11.3 Å². The van der Waals surface area contributed by atoms with Gasteiger partial charge >= 0.3 is 5.97 Å². The van der Waals surface area contributed by atoms with Crippen molar-refractivity contribution in [2.75, 3.05) is 18.5 Å². The standard InChI is InChI=1S/C19H16FNO4/c1-10-13-8-14-16(9-15(13)21-6-7-24-10)25-18(17(14)19(22)23)11-2-4-12(20)5-3-11/h2-5,8-10,21H,6-7H2,1H3,(H,22,23). The zero-order valence-corrected chi connectivity index (χ0v) is 13.5. The Balaban J connectivity index is 1.97. The predicted octanol–water partition coefficient (Wildman–Crippen LogP) is 4.44. The van der Waals surface area contributed by atoms with Gasteiger partial charge in [-0.05, 0) is 37.3 Å². The van der Waals surface area contributed by atoms with Crippen molar-refractivity contribution in [1.29, 1.82) is 0 Å². The van der Waals surface area contributed by atoms with Crippen molar-refractivity contribution in [3.8, 4) is 11.3 Å². The molecule has 1 atom stereocenters. The van der Waals surface area contributed by atoms with Gasteiger partial charge in [-0.25, -0.2) is 9.18 Å². The first-order valence-electron chi connectivity index (χ1n) is 7.99. The highest BCUT2D eigenvalue weighted by Crippen LogP contribution is 2.39. The average molecular weight is 341 g/mol. The molecular formula is C19H16FNO4. The molecule has 0 saturated heterocycles. The molecular weight excluding hydrogens is 325 g/mol. The lowest BCUT2D eigenvalue weighted by Crippen LogP contribution is -2.04. The van der Waals surface area contributed by atoms with E-state index in [9.17, 15) is 14.3 Å². The van der Waals surface area contributed by atoms with E-state index in [0.29, 0.717) is 29.7 Å². The Morgan fingerprint density at radius 3 is 2.76 bits per heavy atom. The van der Waals surface area contributed by atoms with Crippen LogP contribution < -0.4 is 5.32 Å². The van der Waals surface area contributed by atoms with Crippen molar-refractivity contribution in [3.63, 3.8) is 0 Å². The molecule has 1 aromatic heterocycles. The number of carbonyl (C=O) groups is 1. The predicted molar refractivity (Wildman–Crippen MR) is 91.4 cm³/mol. The van der Waals surface area contributed by atoms with Crippen molar-refractivity contribution in [3.05, 3.63) is 53.3 Å². The molecule has 2 heterocycles.